The maximum atomic E-state index is 12.8. The van der Waals surface area contributed by atoms with Crippen LogP contribution in [-0.4, -0.2) is 46.3 Å². The standard InChI is InChI=1S/C20H18N2O3S2/c1-21-19(25)17(27-20(21)26)13-14-7-9-15(10-8-14)18(24)22(11-12-23)16-5-3-2-4-6-16/h2-10,13,23H,11-12H2,1H3/b17-13+. The maximum absolute atomic E-state index is 12.8. The molecule has 0 saturated carbocycles. The Kier molecular flexibility index (Phi) is 6.05. The molecule has 1 aliphatic rings. The van der Waals surface area contributed by atoms with E-state index in [0.717, 1.165) is 11.3 Å². The van der Waals surface area contributed by atoms with Gasteiger partial charge in [0.2, 0.25) is 0 Å². The molecule has 1 heterocycles. The van der Waals surface area contributed by atoms with Crippen molar-refractivity contribution < 1.29 is 14.7 Å². The third-order valence-electron chi connectivity index (χ3n) is 4.08. The summed E-state index contributed by atoms with van der Waals surface area (Å²) in [7, 11) is 1.65. The summed E-state index contributed by atoms with van der Waals surface area (Å²) >= 11 is 6.39. The molecule has 0 spiro atoms. The smallest absolute Gasteiger partial charge is 0.265 e. The second-order valence-electron chi connectivity index (χ2n) is 5.88. The first-order valence-corrected chi connectivity index (χ1v) is 9.53. The monoisotopic (exact) mass is 398 g/mol. The molecule has 2 aromatic rings. The lowest BCUT2D eigenvalue weighted by atomic mass is 10.1. The van der Waals surface area contributed by atoms with Gasteiger partial charge in [0.25, 0.3) is 11.8 Å². The molecule has 1 saturated heterocycles. The highest BCUT2D eigenvalue weighted by Gasteiger charge is 2.28. The van der Waals surface area contributed by atoms with Gasteiger partial charge >= 0.3 is 0 Å². The van der Waals surface area contributed by atoms with E-state index in [1.807, 2.05) is 30.3 Å². The van der Waals surface area contributed by atoms with Gasteiger partial charge in [0, 0.05) is 24.8 Å². The zero-order valence-corrected chi connectivity index (χ0v) is 16.3. The molecule has 0 aliphatic carbocycles. The van der Waals surface area contributed by atoms with Crippen LogP contribution < -0.4 is 4.90 Å². The first kappa shape index (κ1) is 19.3. The SMILES string of the molecule is CN1C(=O)/C(=C\c2ccc(C(=O)N(CCO)c3ccccc3)cc2)SC1=S. The summed E-state index contributed by atoms with van der Waals surface area (Å²) in [6.07, 6.45) is 1.76. The minimum atomic E-state index is -0.193. The van der Waals surface area contributed by atoms with E-state index in [1.54, 1.807) is 37.4 Å². The van der Waals surface area contributed by atoms with Crippen molar-refractivity contribution in [2.24, 2.45) is 0 Å². The second kappa shape index (κ2) is 8.47. The number of carbonyl (C=O) groups excluding carboxylic acids is 2. The fourth-order valence-electron chi connectivity index (χ4n) is 2.63. The zero-order chi connectivity index (χ0) is 19.4. The van der Waals surface area contributed by atoms with Gasteiger partial charge in [-0.15, -0.1) is 0 Å². The summed E-state index contributed by atoms with van der Waals surface area (Å²) in [5.41, 5.74) is 2.05. The first-order valence-electron chi connectivity index (χ1n) is 8.30. The molecule has 0 bridgehead atoms. The number of hydrogen-bond acceptors (Lipinski definition) is 5. The molecule has 1 aliphatic heterocycles. The average molecular weight is 399 g/mol. The first-order chi connectivity index (χ1) is 13.0. The Morgan fingerprint density at radius 2 is 1.85 bits per heavy atom. The van der Waals surface area contributed by atoms with Crippen LogP contribution in [0.4, 0.5) is 5.69 Å². The number of para-hydroxylation sites is 1. The number of amides is 2. The summed E-state index contributed by atoms with van der Waals surface area (Å²) < 4.78 is 0.528. The normalized spacial score (nSPS) is 15.5. The third kappa shape index (κ3) is 4.27. The van der Waals surface area contributed by atoms with Gasteiger partial charge in [-0.25, -0.2) is 0 Å². The van der Waals surface area contributed by atoms with E-state index in [-0.39, 0.29) is 25.0 Å². The summed E-state index contributed by atoms with van der Waals surface area (Å²) in [5.74, 6) is -0.315. The zero-order valence-electron chi connectivity index (χ0n) is 14.7. The Balaban J connectivity index is 1.81. The molecule has 27 heavy (non-hydrogen) atoms. The molecule has 3 rings (SSSR count). The molecule has 1 N–H and O–H groups in total. The van der Waals surface area contributed by atoms with Crippen LogP contribution in [-0.2, 0) is 4.79 Å². The summed E-state index contributed by atoms with van der Waals surface area (Å²) in [4.78, 5) is 28.5. The van der Waals surface area contributed by atoms with E-state index in [1.165, 1.54) is 21.6 Å². The van der Waals surface area contributed by atoms with E-state index < -0.39 is 0 Å². The van der Waals surface area contributed by atoms with Gasteiger partial charge in [0.05, 0.1) is 11.5 Å². The molecular formula is C20H18N2O3S2. The van der Waals surface area contributed by atoms with Crippen LogP contribution in [0.25, 0.3) is 6.08 Å². The fraction of sp³-hybridized carbons (Fsp3) is 0.150. The van der Waals surface area contributed by atoms with Crippen LogP contribution in [0.15, 0.2) is 59.5 Å². The fourth-order valence-corrected chi connectivity index (χ4v) is 3.81. The van der Waals surface area contributed by atoms with Crippen molar-refractivity contribution in [1.82, 2.24) is 4.90 Å². The largest absolute Gasteiger partial charge is 0.395 e. The van der Waals surface area contributed by atoms with Gasteiger partial charge < -0.3 is 10.0 Å². The predicted octanol–water partition coefficient (Wildman–Crippen LogP) is 3.16. The van der Waals surface area contributed by atoms with Crippen LogP contribution in [0.5, 0.6) is 0 Å². The number of benzene rings is 2. The van der Waals surface area contributed by atoms with E-state index in [9.17, 15) is 14.7 Å². The predicted molar refractivity (Wildman–Crippen MR) is 113 cm³/mol. The van der Waals surface area contributed by atoms with E-state index in [4.69, 9.17) is 12.2 Å². The minimum absolute atomic E-state index is 0.122. The highest BCUT2D eigenvalue weighted by atomic mass is 32.2. The molecule has 0 radical (unpaired) electrons. The molecule has 7 heteroatoms. The lowest BCUT2D eigenvalue weighted by molar-refractivity contribution is -0.121. The van der Waals surface area contributed by atoms with E-state index in [2.05, 4.69) is 0 Å². The number of thiocarbonyl (C=S) groups is 1. The van der Waals surface area contributed by atoms with Crippen molar-refractivity contribution in [2.75, 3.05) is 25.1 Å². The van der Waals surface area contributed by atoms with Crippen molar-refractivity contribution in [3.05, 3.63) is 70.6 Å². The van der Waals surface area contributed by atoms with Gasteiger partial charge in [-0.2, -0.15) is 0 Å². The number of hydrogen-bond donors (Lipinski definition) is 1. The van der Waals surface area contributed by atoms with E-state index >= 15 is 0 Å². The molecule has 138 valence electrons. The van der Waals surface area contributed by atoms with Crippen LogP contribution in [0.3, 0.4) is 0 Å². The lowest BCUT2D eigenvalue weighted by Crippen LogP contribution is -2.33. The maximum Gasteiger partial charge on any atom is 0.265 e. The number of nitrogens with zero attached hydrogens (tertiary/aromatic N) is 2. The Bertz CT molecular complexity index is 895. The van der Waals surface area contributed by atoms with Crippen LogP contribution in [0, 0.1) is 0 Å². The van der Waals surface area contributed by atoms with Crippen LogP contribution in [0.1, 0.15) is 15.9 Å². The van der Waals surface area contributed by atoms with Gasteiger partial charge in [0.1, 0.15) is 4.32 Å². The molecule has 1 fully saturated rings. The number of anilines is 1. The number of carbonyl (C=O) groups is 2. The topological polar surface area (TPSA) is 60.9 Å². The Labute approximate surface area is 167 Å². The highest BCUT2D eigenvalue weighted by molar-refractivity contribution is 8.26. The molecule has 0 aromatic heterocycles. The van der Waals surface area contributed by atoms with Crippen molar-refractivity contribution in [3.63, 3.8) is 0 Å². The second-order valence-corrected chi connectivity index (χ2v) is 7.55. The number of aliphatic hydroxyl groups excluding tert-OH is 1. The number of rotatable bonds is 5. The molecular weight excluding hydrogens is 380 g/mol. The molecule has 0 unspecified atom stereocenters. The highest BCUT2D eigenvalue weighted by Crippen LogP contribution is 2.31. The van der Waals surface area contributed by atoms with Crippen LogP contribution >= 0.6 is 24.0 Å². The van der Waals surface area contributed by atoms with Crippen LogP contribution in [0.2, 0.25) is 0 Å². The van der Waals surface area contributed by atoms with Gasteiger partial charge in [-0.3, -0.25) is 14.5 Å². The van der Waals surface area contributed by atoms with Crippen molar-refractivity contribution in [3.8, 4) is 0 Å². The van der Waals surface area contributed by atoms with Crippen molar-refractivity contribution in [1.29, 1.82) is 0 Å². The summed E-state index contributed by atoms with van der Waals surface area (Å²) in [6.45, 7) is 0.0845. The number of likely N-dealkylation sites (N-methyl/N-ethyl adjacent to an activating group) is 1. The lowest BCUT2D eigenvalue weighted by Gasteiger charge is -2.22. The average Bonchev–Trinajstić information content (AvgIpc) is 2.93. The Hall–Kier alpha value is -2.48. The Morgan fingerprint density at radius 3 is 2.41 bits per heavy atom. The van der Waals surface area contributed by atoms with Gasteiger partial charge in [-0.05, 0) is 35.9 Å². The van der Waals surface area contributed by atoms with Gasteiger partial charge in [0.15, 0.2) is 0 Å². The minimum Gasteiger partial charge on any atom is -0.395 e. The molecule has 2 amide bonds. The Morgan fingerprint density at radius 1 is 1.19 bits per heavy atom. The number of thioether (sulfide) groups is 1. The quantitative estimate of drug-likeness (QED) is 0.619. The van der Waals surface area contributed by atoms with Crippen molar-refractivity contribution in [2.45, 2.75) is 0 Å². The van der Waals surface area contributed by atoms with Gasteiger partial charge in [-0.1, -0.05) is 54.3 Å². The summed E-state index contributed by atoms with van der Waals surface area (Å²) in [6, 6.07) is 16.2. The number of aliphatic hydroxyl groups is 1. The molecule has 2 aromatic carbocycles. The molecule has 0 atom stereocenters. The molecule has 5 nitrogen and oxygen atoms in total. The summed E-state index contributed by atoms with van der Waals surface area (Å²) in [5, 5.41) is 9.31. The third-order valence-corrected chi connectivity index (χ3v) is 5.56. The van der Waals surface area contributed by atoms with Crippen molar-refractivity contribution >= 4 is 51.9 Å². The van der Waals surface area contributed by atoms with E-state index in [0.29, 0.717) is 14.8 Å².